The lowest BCUT2D eigenvalue weighted by atomic mass is 10.1. The van der Waals surface area contributed by atoms with Crippen LogP contribution in [-0.2, 0) is 6.54 Å². The monoisotopic (exact) mass is 406 g/mol. The molecule has 0 bridgehead atoms. The van der Waals surface area contributed by atoms with Gasteiger partial charge in [0.2, 0.25) is 0 Å². The molecule has 30 heavy (non-hydrogen) atoms. The third-order valence-electron chi connectivity index (χ3n) is 4.94. The molecule has 1 unspecified atom stereocenters. The first kappa shape index (κ1) is 19.9. The zero-order valence-electron chi connectivity index (χ0n) is 16.9. The van der Waals surface area contributed by atoms with Gasteiger partial charge in [-0.1, -0.05) is 6.92 Å². The van der Waals surface area contributed by atoms with Gasteiger partial charge in [0.25, 0.3) is 0 Å². The Morgan fingerprint density at radius 3 is 2.83 bits per heavy atom. The van der Waals surface area contributed by atoms with Gasteiger partial charge in [0, 0.05) is 36.9 Å². The predicted octanol–water partition coefficient (Wildman–Crippen LogP) is 4.10. The maximum Gasteiger partial charge on any atom is 0.151 e. The summed E-state index contributed by atoms with van der Waals surface area (Å²) in [5, 5.41) is 17.1. The minimum atomic E-state index is -0.410. The highest BCUT2D eigenvalue weighted by Crippen LogP contribution is 2.28. The summed E-state index contributed by atoms with van der Waals surface area (Å²) < 4.78 is 16.1. The highest BCUT2D eigenvalue weighted by molar-refractivity contribution is 5.89. The van der Waals surface area contributed by atoms with Gasteiger partial charge in [-0.3, -0.25) is 14.6 Å². The van der Waals surface area contributed by atoms with Crippen LogP contribution in [0.15, 0.2) is 48.9 Å². The third-order valence-corrected chi connectivity index (χ3v) is 4.94. The van der Waals surface area contributed by atoms with Crippen LogP contribution in [0.2, 0.25) is 0 Å². The number of aliphatic hydroxyl groups is 1. The molecule has 4 aromatic heterocycles. The van der Waals surface area contributed by atoms with Gasteiger partial charge in [0.1, 0.15) is 16.7 Å². The van der Waals surface area contributed by atoms with Crippen LogP contribution < -0.4 is 5.32 Å². The lowest BCUT2D eigenvalue weighted by Crippen LogP contribution is -2.08. The Hall–Kier alpha value is -3.39. The van der Waals surface area contributed by atoms with Crippen LogP contribution in [0.5, 0.6) is 0 Å². The number of aliphatic hydroxyl groups excluding tert-OH is 1. The number of rotatable bonds is 7. The van der Waals surface area contributed by atoms with E-state index in [9.17, 15) is 9.50 Å². The molecule has 0 saturated heterocycles. The summed E-state index contributed by atoms with van der Waals surface area (Å²) in [5.74, 6) is -0.218. The minimum Gasteiger partial charge on any atom is -0.396 e. The Kier molecular flexibility index (Phi) is 5.67. The number of aryl methyl sites for hydroxylation is 2. The summed E-state index contributed by atoms with van der Waals surface area (Å²) in [6.07, 6.45) is 5.88. The van der Waals surface area contributed by atoms with Crippen molar-refractivity contribution in [1.29, 1.82) is 0 Å². The first-order valence-electron chi connectivity index (χ1n) is 9.83. The van der Waals surface area contributed by atoms with Crippen molar-refractivity contribution < 1.29 is 9.50 Å². The predicted molar refractivity (Wildman–Crippen MR) is 114 cm³/mol. The van der Waals surface area contributed by atoms with Gasteiger partial charge in [-0.25, -0.2) is 9.37 Å². The molecule has 0 aliphatic heterocycles. The second-order valence-corrected chi connectivity index (χ2v) is 7.37. The van der Waals surface area contributed by atoms with Crippen LogP contribution in [0.3, 0.4) is 0 Å². The van der Waals surface area contributed by atoms with Gasteiger partial charge in [0.05, 0.1) is 17.6 Å². The highest BCUT2D eigenvalue weighted by Gasteiger charge is 2.13. The van der Waals surface area contributed by atoms with Crippen molar-refractivity contribution in [2.75, 3.05) is 11.9 Å². The van der Waals surface area contributed by atoms with Crippen LogP contribution in [0.4, 0.5) is 15.8 Å². The molecule has 1 atom stereocenters. The number of nitrogens with one attached hydrogen (secondary N) is 1. The van der Waals surface area contributed by atoms with Crippen molar-refractivity contribution in [2.45, 2.75) is 26.8 Å². The van der Waals surface area contributed by atoms with Crippen LogP contribution in [-0.4, -0.2) is 36.4 Å². The zero-order chi connectivity index (χ0) is 21.1. The smallest absolute Gasteiger partial charge is 0.151 e. The lowest BCUT2D eigenvalue weighted by molar-refractivity contribution is 0.225. The van der Waals surface area contributed by atoms with E-state index in [0.717, 1.165) is 34.5 Å². The second kappa shape index (κ2) is 8.54. The van der Waals surface area contributed by atoms with Gasteiger partial charge in [-0.05, 0) is 49.6 Å². The van der Waals surface area contributed by atoms with E-state index in [-0.39, 0.29) is 18.2 Å². The molecular weight excluding hydrogens is 383 g/mol. The first-order chi connectivity index (χ1) is 14.5. The van der Waals surface area contributed by atoms with E-state index < -0.39 is 5.82 Å². The summed E-state index contributed by atoms with van der Waals surface area (Å²) in [6, 6.07) is 8.50. The maximum atomic E-state index is 14.3. The highest BCUT2D eigenvalue weighted by atomic mass is 19.1. The Morgan fingerprint density at radius 1 is 1.17 bits per heavy atom. The average Bonchev–Trinajstić information content (AvgIpc) is 3.18. The second-order valence-electron chi connectivity index (χ2n) is 7.37. The number of pyridine rings is 3. The van der Waals surface area contributed by atoms with Crippen molar-refractivity contribution in [3.05, 3.63) is 60.4 Å². The number of anilines is 2. The molecule has 2 N–H and O–H groups in total. The molecule has 0 aliphatic rings. The summed E-state index contributed by atoms with van der Waals surface area (Å²) >= 11 is 0. The molecule has 0 radical (unpaired) electrons. The average molecular weight is 406 g/mol. The van der Waals surface area contributed by atoms with Crippen LogP contribution in [0.25, 0.3) is 22.4 Å². The van der Waals surface area contributed by atoms with Gasteiger partial charge < -0.3 is 10.4 Å². The molecule has 4 rings (SSSR count). The Balaban J connectivity index is 1.66. The Labute approximate surface area is 173 Å². The van der Waals surface area contributed by atoms with Crippen LogP contribution >= 0.6 is 0 Å². The van der Waals surface area contributed by atoms with Gasteiger partial charge in [-0.2, -0.15) is 5.10 Å². The quantitative estimate of drug-likeness (QED) is 0.480. The van der Waals surface area contributed by atoms with Crippen LogP contribution in [0.1, 0.15) is 19.0 Å². The lowest BCUT2D eigenvalue weighted by Gasteiger charge is -2.13. The number of aromatic nitrogens is 5. The standard InChI is InChI=1S/C22H23FN6O/c1-14(13-30)7-10-29-22-18(6-9-25-20(22)12-26-29)28-16-5-8-24-19(11-16)21-17(23)4-3-15(2)27-21/h3-6,8-9,11-12,14,30H,7,10,13H2,1-2H3,(H,24,25,28). The van der Waals surface area contributed by atoms with Crippen LogP contribution in [0, 0.1) is 18.7 Å². The molecule has 0 amide bonds. The number of hydrogen-bond donors (Lipinski definition) is 2. The third kappa shape index (κ3) is 4.13. The van der Waals surface area contributed by atoms with Crippen molar-refractivity contribution in [1.82, 2.24) is 24.7 Å². The van der Waals surface area contributed by atoms with E-state index in [0.29, 0.717) is 12.2 Å². The van der Waals surface area contributed by atoms with E-state index in [2.05, 4.69) is 25.4 Å². The topological polar surface area (TPSA) is 88.8 Å². The molecule has 7 nitrogen and oxygen atoms in total. The van der Waals surface area contributed by atoms with Gasteiger partial charge in [0.15, 0.2) is 5.82 Å². The number of fused-ring (bicyclic) bond motifs is 1. The Bertz CT molecular complexity index is 1180. The molecule has 0 spiro atoms. The summed E-state index contributed by atoms with van der Waals surface area (Å²) in [6.45, 7) is 4.63. The van der Waals surface area contributed by atoms with E-state index in [1.807, 2.05) is 30.7 Å². The Morgan fingerprint density at radius 2 is 2.00 bits per heavy atom. The number of nitrogens with zero attached hydrogens (tertiary/aromatic N) is 5. The molecule has 0 saturated carbocycles. The van der Waals surface area contributed by atoms with Gasteiger partial charge in [-0.15, -0.1) is 0 Å². The van der Waals surface area contributed by atoms with Crippen molar-refractivity contribution >= 4 is 22.4 Å². The molecule has 4 aromatic rings. The van der Waals surface area contributed by atoms with Gasteiger partial charge >= 0.3 is 0 Å². The fraction of sp³-hybridized carbons (Fsp3) is 0.273. The zero-order valence-corrected chi connectivity index (χ0v) is 16.9. The minimum absolute atomic E-state index is 0.145. The van der Waals surface area contributed by atoms with E-state index in [4.69, 9.17) is 0 Å². The SMILES string of the molecule is Cc1ccc(F)c(-c2cc(Nc3ccnc4cnn(CCC(C)CO)c34)ccn2)n1. The maximum absolute atomic E-state index is 14.3. The summed E-state index contributed by atoms with van der Waals surface area (Å²) in [5.41, 5.74) is 4.65. The van der Waals surface area contributed by atoms with E-state index >= 15 is 0 Å². The summed E-state index contributed by atoms with van der Waals surface area (Å²) in [7, 11) is 0. The van der Waals surface area contributed by atoms with Crippen molar-refractivity contribution in [2.24, 2.45) is 5.92 Å². The van der Waals surface area contributed by atoms with Crippen molar-refractivity contribution in [3.63, 3.8) is 0 Å². The number of halogens is 1. The molecule has 0 aliphatic carbocycles. The molecule has 154 valence electrons. The number of hydrogen-bond acceptors (Lipinski definition) is 6. The molecule has 4 heterocycles. The van der Waals surface area contributed by atoms with E-state index in [1.54, 1.807) is 30.7 Å². The fourth-order valence-corrected chi connectivity index (χ4v) is 3.24. The normalized spacial score (nSPS) is 12.3. The van der Waals surface area contributed by atoms with E-state index in [1.165, 1.54) is 6.07 Å². The largest absolute Gasteiger partial charge is 0.396 e. The molecular formula is C22H23FN6O. The molecule has 8 heteroatoms. The molecule has 0 aromatic carbocycles. The molecule has 0 fully saturated rings. The fourth-order valence-electron chi connectivity index (χ4n) is 3.24. The summed E-state index contributed by atoms with van der Waals surface area (Å²) in [4.78, 5) is 13.0. The van der Waals surface area contributed by atoms with Crippen molar-refractivity contribution in [3.8, 4) is 11.4 Å². The first-order valence-corrected chi connectivity index (χ1v) is 9.83.